The Labute approximate surface area is 181 Å². The van der Waals surface area contributed by atoms with Gasteiger partial charge >= 0.3 is 6.03 Å². The van der Waals surface area contributed by atoms with Gasteiger partial charge in [-0.15, -0.1) is 10.2 Å². The van der Waals surface area contributed by atoms with Crippen molar-refractivity contribution >= 4 is 23.3 Å². The minimum atomic E-state index is -0.384. The van der Waals surface area contributed by atoms with Gasteiger partial charge in [0.05, 0.1) is 17.3 Å². The molecule has 0 radical (unpaired) electrons. The Morgan fingerprint density at radius 1 is 0.968 bits per heavy atom. The number of pyridine rings is 1. The summed E-state index contributed by atoms with van der Waals surface area (Å²) in [6, 6.07) is 12.1. The molecule has 0 aliphatic carbocycles. The molecule has 1 aliphatic rings. The molecule has 2 aromatic heterocycles. The molecule has 0 spiro atoms. The average molecular weight is 421 g/mol. The zero-order valence-corrected chi connectivity index (χ0v) is 17.9. The van der Waals surface area contributed by atoms with Gasteiger partial charge in [-0.3, -0.25) is 9.20 Å². The molecule has 1 aliphatic heterocycles. The van der Waals surface area contributed by atoms with Crippen molar-refractivity contribution in [2.24, 2.45) is 5.92 Å². The Balaban J connectivity index is 1.52. The second-order valence-electron chi connectivity index (χ2n) is 8.21. The summed E-state index contributed by atoms with van der Waals surface area (Å²) in [7, 11) is 0. The fraction of sp³-hybridized carbons (Fsp3) is 0.391. The lowest BCUT2D eigenvalue weighted by molar-refractivity contribution is 0.0725. The predicted molar refractivity (Wildman–Crippen MR) is 119 cm³/mol. The Morgan fingerprint density at radius 2 is 1.71 bits per heavy atom. The van der Waals surface area contributed by atoms with E-state index < -0.39 is 0 Å². The first kappa shape index (κ1) is 20.8. The third-order valence-corrected chi connectivity index (χ3v) is 5.62. The van der Waals surface area contributed by atoms with Gasteiger partial charge in [-0.2, -0.15) is 0 Å². The number of nitrogens with one attached hydrogen (secondary N) is 2. The molecule has 8 heteroatoms. The summed E-state index contributed by atoms with van der Waals surface area (Å²) in [4.78, 5) is 27.8. The second kappa shape index (κ2) is 9.16. The summed E-state index contributed by atoms with van der Waals surface area (Å²) >= 11 is 0. The molecule has 3 heterocycles. The van der Waals surface area contributed by atoms with Gasteiger partial charge in [0.25, 0.3) is 5.91 Å². The highest BCUT2D eigenvalue weighted by molar-refractivity contribution is 6.03. The van der Waals surface area contributed by atoms with Crippen molar-refractivity contribution in [3.63, 3.8) is 0 Å². The number of urea groups is 1. The van der Waals surface area contributed by atoms with Crippen LogP contribution in [-0.2, 0) is 0 Å². The molecule has 3 amide bonds. The molecule has 1 saturated heterocycles. The van der Waals surface area contributed by atoms with E-state index in [0.29, 0.717) is 17.1 Å². The monoisotopic (exact) mass is 420 g/mol. The zero-order valence-electron chi connectivity index (χ0n) is 17.9. The van der Waals surface area contributed by atoms with Crippen LogP contribution in [0.4, 0.5) is 10.5 Å². The number of benzene rings is 1. The topological polar surface area (TPSA) is 91.6 Å². The number of amides is 3. The number of aromatic nitrogens is 3. The summed E-state index contributed by atoms with van der Waals surface area (Å²) in [5, 5.41) is 14.4. The van der Waals surface area contributed by atoms with Crippen LogP contribution in [-0.4, -0.2) is 44.5 Å². The lowest BCUT2D eigenvalue weighted by Gasteiger charge is -2.27. The summed E-state index contributed by atoms with van der Waals surface area (Å²) < 4.78 is 1.87. The third-order valence-electron chi connectivity index (χ3n) is 5.62. The van der Waals surface area contributed by atoms with Crippen LogP contribution in [0.2, 0.25) is 0 Å². The first-order chi connectivity index (χ1) is 15.0. The van der Waals surface area contributed by atoms with Gasteiger partial charge in [0.15, 0.2) is 11.5 Å². The Kier molecular flexibility index (Phi) is 6.16. The van der Waals surface area contributed by atoms with Crippen LogP contribution >= 0.6 is 0 Å². The number of anilines is 1. The Bertz CT molecular complexity index is 1070. The van der Waals surface area contributed by atoms with Crippen LogP contribution in [0.3, 0.4) is 0 Å². The van der Waals surface area contributed by atoms with E-state index in [9.17, 15) is 9.59 Å². The first-order valence-corrected chi connectivity index (χ1v) is 10.8. The van der Waals surface area contributed by atoms with Crippen LogP contribution < -0.4 is 10.6 Å². The molecule has 162 valence electrons. The van der Waals surface area contributed by atoms with Crippen molar-refractivity contribution in [3.05, 3.63) is 60.0 Å². The summed E-state index contributed by atoms with van der Waals surface area (Å²) in [6.07, 6.45) is 5.07. The zero-order chi connectivity index (χ0) is 21.8. The number of hydrogen-bond acceptors (Lipinski definition) is 4. The molecule has 0 bridgehead atoms. The van der Waals surface area contributed by atoms with Gasteiger partial charge in [-0.1, -0.05) is 32.0 Å². The number of fused-ring (bicyclic) bond motifs is 1. The van der Waals surface area contributed by atoms with Crippen LogP contribution in [0.25, 0.3) is 5.65 Å². The lowest BCUT2D eigenvalue weighted by atomic mass is 10.0. The third kappa shape index (κ3) is 4.52. The van der Waals surface area contributed by atoms with E-state index in [0.717, 1.165) is 38.0 Å². The minimum Gasteiger partial charge on any atom is -0.339 e. The number of likely N-dealkylation sites (tertiary alicyclic amines) is 1. The SMILES string of the molecule is CC(C)C(NC(=O)Nc1ccccc1C(=O)N1CCCCC1)c1nnc2ccccn12. The number of para-hydroxylation sites is 1. The van der Waals surface area contributed by atoms with Gasteiger partial charge in [-0.25, -0.2) is 4.79 Å². The molecule has 1 aromatic carbocycles. The van der Waals surface area contributed by atoms with Crippen LogP contribution in [0, 0.1) is 5.92 Å². The van der Waals surface area contributed by atoms with E-state index in [2.05, 4.69) is 20.8 Å². The van der Waals surface area contributed by atoms with Crippen molar-refractivity contribution in [3.8, 4) is 0 Å². The number of nitrogens with zero attached hydrogens (tertiary/aromatic N) is 4. The molecule has 1 atom stereocenters. The number of rotatable bonds is 5. The van der Waals surface area contributed by atoms with E-state index in [4.69, 9.17) is 0 Å². The van der Waals surface area contributed by atoms with Crippen molar-refractivity contribution in [2.75, 3.05) is 18.4 Å². The van der Waals surface area contributed by atoms with Crippen molar-refractivity contribution in [2.45, 2.75) is 39.2 Å². The highest BCUT2D eigenvalue weighted by atomic mass is 16.2. The van der Waals surface area contributed by atoms with E-state index in [1.807, 2.05) is 59.7 Å². The van der Waals surface area contributed by atoms with Gasteiger partial charge < -0.3 is 15.5 Å². The first-order valence-electron chi connectivity index (χ1n) is 10.8. The van der Waals surface area contributed by atoms with Gasteiger partial charge in [0.1, 0.15) is 0 Å². The van der Waals surface area contributed by atoms with Gasteiger partial charge in [0.2, 0.25) is 0 Å². The molecule has 1 unspecified atom stereocenters. The summed E-state index contributed by atoms with van der Waals surface area (Å²) in [6.45, 7) is 5.55. The Morgan fingerprint density at radius 3 is 2.48 bits per heavy atom. The lowest BCUT2D eigenvalue weighted by Crippen LogP contribution is -2.38. The van der Waals surface area contributed by atoms with E-state index in [1.165, 1.54) is 0 Å². The van der Waals surface area contributed by atoms with Crippen LogP contribution in [0.1, 0.15) is 55.3 Å². The fourth-order valence-corrected chi connectivity index (χ4v) is 3.95. The second-order valence-corrected chi connectivity index (χ2v) is 8.21. The maximum atomic E-state index is 13.0. The molecule has 8 nitrogen and oxygen atoms in total. The number of piperidine rings is 1. The number of carbonyl (C=O) groups excluding carboxylic acids is 2. The molecule has 31 heavy (non-hydrogen) atoms. The smallest absolute Gasteiger partial charge is 0.319 e. The maximum absolute atomic E-state index is 13.0. The van der Waals surface area contributed by atoms with Crippen LogP contribution in [0.15, 0.2) is 48.7 Å². The highest BCUT2D eigenvalue weighted by Crippen LogP contribution is 2.23. The summed E-state index contributed by atoms with van der Waals surface area (Å²) in [5.74, 6) is 0.710. The van der Waals surface area contributed by atoms with Crippen molar-refractivity contribution in [1.29, 1.82) is 0 Å². The Hall–Kier alpha value is -3.42. The highest BCUT2D eigenvalue weighted by Gasteiger charge is 2.25. The van der Waals surface area contributed by atoms with E-state index in [-0.39, 0.29) is 23.9 Å². The molecular formula is C23H28N6O2. The average Bonchev–Trinajstić information content (AvgIpc) is 3.21. The van der Waals surface area contributed by atoms with Crippen molar-refractivity contribution in [1.82, 2.24) is 24.8 Å². The van der Waals surface area contributed by atoms with Crippen LogP contribution in [0.5, 0.6) is 0 Å². The standard InChI is InChI=1S/C23H28N6O2/c1-16(2)20(21-27-26-19-12-6-9-15-29(19)21)25-23(31)24-18-11-5-4-10-17(18)22(30)28-13-7-3-8-14-28/h4-6,9-12,15-16,20H,3,7-8,13-14H2,1-2H3,(H2,24,25,31). The number of hydrogen-bond donors (Lipinski definition) is 2. The molecule has 0 saturated carbocycles. The normalized spacial score (nSPS) is 15.1. The summed E-state index contributed by atoms with van der Waals surface area (Å²) in [5.41, 5.74) is 1.74. The predicted octanol–water partition coefficient (Wildman–Crippen LogP) is 3.87. The minimum absolute atomic E-state index is 0.0422. The van der Waals surface area contributed by atoms with Crippen molar-refractivity contribution < 1.29 is 9.59 Å². The molecule has 3 aromatic rings. The molecule has 4 rings (SSSR count). The van der Waals surface area contributed by atoms with E-state index in [1.54, 1.807) is 12.1 Å². The largest absolute Gasteiger partial charge is 0.339 e. The fourth-order valence-electron chi connectivity index (χ4n) is 3.95. The number of carbonyl (C=O) groups is 2. The quantitative estimate of drug-likeness (QED) is 0.655. The van der Waals surface area contributed by atoms with Gasteiger partial charge in [-0.05, 0) is 49.4 Å². The maximum Gasteiger partial charge on any atom is 0.319 e. The van der Waals surface area contributed by atoms with Gasteiger partial charge in [0, 0.05) is 19.3 Å². The molecule has 2 N–H and O–H groups in total. The molecule has 1 fully saturated rings. The molecular weight excluding hydrogens is 392 g/mol. The van der Waals surface area contributed by atoms with E-state index >= 15 is 0 Å².